The van der Waals surface area contributed by atoms with Crippen LogP contribution in [0, 0.1) is 0 Å². The number of nitrogens with zero attached hydrogens (tertiary/aromatic N) is 5. The van der Waals surface area contributed by atoms with Gasteiger partial charge in [0.25, 0.3) is 0 Å². The monoisotopic (exact) mass is 508 g/mol. The number of hydrogen-bond donors (Lipinski definition) is 0. The van der Waals surface area contributed by atoms with E-state index in [2.05, 4.69) is 0 Å². The summed E-state index contributed by atoms with van der Waals surface area (Å²) in [5, 5.41) is 20.0. The van der Waals surface area contributed by atoms with Gasteiger partial charge < -0.3 is 26.0 Å². The Morgan fingerprint density at radius 1 is 0.774 bits per heavy atom. The minimum atomic E-state index is 0.00694. The van der Waals surface area contributed by atoms with E-state index in [1.807, 2.05) is 12.1 Å². The van der Waals surface area contributed by atoms with Crippen LogP contribution >= 0.6 is 20.2 Å². The van der Waals surface area contributed by atoms with E-state index in [0.29, 0.717) is 37.3 Å². The van der Waals surface area contributed by atoms with E-state index in [-0.39, 0.29) is 13.1 Å². The van der Waals surface area contributed by atoms with Crippen LogP contribution < -0.4 is 4.74 Å². The van der Waals surface area contributed by atoms with Gasteiger partial charge in [0.15, 0.2) is 0 Å². The summed E-state index contributed by atoms with van der Waals surface area (Å²) in [4.78, 5) is 4.84. The molecular formula is C22H33Cl2MnN5O-4. The molecule has 6 nitrogen and oxygen atoms in total. The first kappa shape index (κ1) is 25.5. The molecule has 1 aliphatic heterocycles. The van der Waals surface area contributed by atoms with Crippen LogP contribution in [0.25, 0.3) is 21.3 Å². The number of aromatic nitrogens is 1. The summed E-state index contributed by atoms with van der Waals surface area (Å²) in [6.45, 7) is 2.94. The van der Waals surface area contributed by atoms with Crippen LogP contribution in [0.2, 0.25) is 0 Å². The van der Waals surface area contributed by atoms with Gasteiger partial charge in [-0.2, -0.15) is 37.3 Å². The first-order valence-electron chi connectivity index (χ1n) is 11.3. The zero-order chi connectivity index (χ0) is 21.9. The molecule has 4 rings (SSSR count). The SMILES string of the molecule is COc1cc2nc(c1)C[N-][C@@H]1CCCC[C@H]1[N-]CC[N-]C1CCCCC1[N-]C2.[Cl][Mn][Cl]. The molecule has 1 aromatic heterocycles. The van der Waals surface area contributed by atoms with Gasteiger partial charge in [0.1, 0.15) is 5.75 Å². The van der Waals surface area contributed by atoms with E-state index in [9.17, 15) is 0 Å². The van der Waals surface area contributed by atoms with Gasteiger partial charge in [0, 0.05) is 11.4 Å². The van der Waals surface area contributed by atoms with Gasteiger partial charge >= 0.3 is 33.3 Å². The fraction of sp³-hybridized carbons (Fsp3) is 0.773. The second-order valence-corrected chi connectivity index (χ2v) is 10.3. The van der Waals surface area contributed by atoms with Gasteiger partial charge in [0.2, 0.25) is 0 Å². The van der Waals surface area contributed by atoms with Crippen molar-refractivity contribution in [2.24, 2.45) is 0 Å². The molecule has 3 aliphatic rings. The van der Waals surface area contributed by atoms with Crippen molar-refractivity contribution in [1.82, 2.24) is 4.98 Å². The molecule has 0 N–H and O–H groups in total. The molecule has 0 amide bonds. The second kappa shape index (κ2) is 14.2. The predicted octanol–water partition coefficient (Wildman–Crippen LogP) is 6.60. The van der Waals surface area contributed by atoms with Crippen LogP contribution in [-0.2, 0) is 26.2 Å². The number of hydrogen-bond acceptors (Lipinski definition) is 2. The van der Waals surface area contributed by atoms with E-state index in [0.717, 1.165) is 55.9 Å². The van der Waals surface area contributed by atoms with Gasteiger partial charge in [-0.1, -0.05) is 51.4 Å². The maximum absolute atomic E-state index is 5.51. The maximum atomic E-state index is 5.51. The fourth-order valence-corrected chi connectivity index (χ4v) is 4.80. The Balaban J connectivity index is 0.000000858. The second-order valence-electron chi connectivity index (χ2n) is 8.38. The Morgan fingerprint density at radius 2 is 1.16 bits per heavy atom. The van der Waals surface area contributed by atoms with Crippen molar-refractivity contribution < 1.29 is 17.9 Å². The molecule has 0 aromatic carbocycles. The first-order chi connectivity index (χ1) is 15.2. The third-order valence-electron chi connectivity index (χ3n) is 6.33. The Morgan fingerprint density at radius 3 is 1.55 bits per heavy atom. The van der Waals surface area contributed by atoms with Crippen LogP contribution in [-0.4, -0.2) is 49.4 Å². The van der Waals surface area contributed by atoms with E-state index < -0.39 is 0 Å². The number of ether oxygens (including phenoxy) is 1. The molecule has 2 fully saturated rings. The number of methoxy groups -OCH3 is 1. The Labute approximate surface area is 201 Å². The molecule has 2 unspecified atom stereocenters. The molecule has 1 aromatic rings. The summed E-state index contributed by atoms with van der Waals surface area (Å²) in [6, 6.07) is 5.37. The third-order valence-corrected chi connectivity index (χ3v) is 6.33. The van der Waals surface area contributed by atoms with Crippen LogP contribution in [0.1, 0.15) is 62.8 Å². The van der Waals surface area contributed by atoms with Crippen molar-refractivity contribution in [2.45, 2.75) is 88.6 Å². The van der Waals surface area contributed by atoms with E-state index in [1.54, 1.807) is 7.11 Å². The number of halogens is 2. The quantitative estimate of drug-likeness (QED) is 0.400. The first-order valence-corrected chi connectivity index (χ1v) is 14.6. The zero-order valence-electron chi connectivity index (χ0n) is 18.2. The van der Waals surface area contributed by atoms with Crippen molar-refractivity contribution in [3.05, 3.63) is 44.8 Å². The average Bonchev–Trinajstić information content (AvgIpc) is 2.80. The molecule has 2 bridgehead atoms. The molecule has 9 heteroatoms. The molecule has 177 valence electrons. The van der Waals surface area contributed by atoms with E-state index >= 15 is 0 Å². The summed E-state index contributed by atoms with van der Waals surface area (Å²) >= 11 is 0.00694. The van der Waals surface area contributed by atoms with Gasteiger partial charge in [-0.05, 0) is 12.1 Å². The van der Waals surface area contributed by atoms with Crippen molar-refractivity contribution in [3.8, 4) is 5.75 Å². The van der Waals surface area contributed by atoms with Crippen LogP contribution in [0.5, 0.6) is 5.75 Å². The van der Waals surface area contributed by atoms with Gasteiger partial charge in [-0.15, -0.1) is 13.1 Å². The molecule has 2 saturated carbocycles. The average molecular weight is 509 g/mol. The summed E-state index contributed by atoms with van der Waals surface area (Å²) in [5.74, 6) is 0.851. The molecule has 0 radical (unpaired) electrons. The molecule has 2 heterocycles. The van der Waals surface area contributed by atoms with Crippen LogP contribution in [0.3, 0.4) is 0 Å². The molecule has 0 saturated heterocycles. The van der Waals surface area contributed by atoms with Crippen molar-refractivity contribution in [1.29, 1.82) is 0 Å². The molecule has 0 spiro atoms. The Hall–Kier alpha value is -0.111. The minimum absolute atomic E-state index is 0.00694. The number of pyridine rings is 1. The van der Waals surface area contributed by atoms with Crippen molar-refractivity contribution in [2.75, 3.05) is 20.2 Å². The standard InChI is InChI=1S/C22H33N5O.2ClH.Mn/c1-28-18-12-16-14-25-21-8-4-2-6-19(21)23-10-11-24-20-7-3-5-9-22(20)26-15-17(13-18)27-16;;;/h12-13,19-22H,2-11,14-15H2,1H3;2*1H;/q-4;;;+2/p-2/t19-,20?,21-,22?;;;/m1.../s1. The summed E-state index contributed by atoms with van der Waals surface area (Å²) < 4.78 is 5.51. The Kier molecular flexibility index (Phi) is 11.7. The predicted molar refractivity (Wildman–Crippen MR) is 125 cm³/mol. The van der Waals surface area contributed by atoms with Crippen molar-refractivity contribution >= 4 is 20.2 Å². The number of rotatable bonds is 1. The summed E-state index contributed by atoms with van der Waals surface area (Å²) in [5.41, 5.74) is 1.96. The van der Waals surface area contributed by atoms with Gasteiger partial charge in [0.05, 0.1) is 7.11 Å². The zero-order valence-corrected chi connectivity index (χ0v) is 20.9. The van der Waals surface area contributed by atoms with E-state index in [4.69, 9.17) is 51.2 Å². The Bertz CT molecular complexity index is 608. The topological polar surface area (TPSA) is 78.5 Å². The van der Waals surface area contributed by atoms with Crippen molar-refractivity contribution in [3.63, 3.8) is 0 Å². The molecule has 2 aliphatic carbocycles. The third kappa shape index (κ3) is 8.31. The van der Waals surface area contributed by atoms with Gasteiger partial charge in [-0.25, -0.2) is 0 Å². The summed E-state index contributed by atoms with van der Waals surface area (Å²) in [7, 11) is 11.3. The van der Waals surface area contributed by atoms with Crippen LogP contribution in [0.4, 0.5) is 0 Å². The number of fused-ring (bicyclic) bond motifs is 4. The molecule has 31 heavy (non-hydrogen) atoms. The summed E-state index contributed by atoms with van der Waals surface area (Å²) in [6.07, 6.45) is 9.64. The normalized spacial score (nSPS) is 29.8. The fourth-order valence-electron chi connectivity index (χ4n) is 4.80. The molecular weight excluding hydrogens is 476 g/mol. The van der Waals surface area contributed by atoms with E-state index in [1.165, 1.54) is 25.7 Å². The molecule has 4 atom stereocenters. The van der Waals surface area contributed by atoms with Crippen LogP contribution in [0.15, 0.2) is 12.1 Å². The van der Waals surface area contributed by atoms with Gasteiger partial charge in [-0.3, -0.25) is 4.98 Å².